The van der Waals surface area contributed by atoms with Gasteiger partial charge in [0.2, 0.25) is 0 Å². The molecule has 1 aromatic heterocycles. The Hall–Kier alpha value is -0.910. The van der Waals surface area contributed by atoms with Crippen LogP contribution in [0.4, 0.5) is 0 Å². The van der Waals surface area contributed by atoms with Crippen LogP contribution in [0.25, 0.3) is 0 Å². The normalized spacial score (nSPS) is 25.9. The lowest BCUT2D eigenvalue weighted by molar-refractivity contribution is -0.0779. The van der Waals surface area contributed by atoms with Crippen LogP contribution in [0.3, 0.4) is 0 Å². The Labute approximate surface area is 121 Å². The fourth-order valence-corrected chi connectivity index (χ4v) is 3.63. The molecule has 3 N–H and O–H groups in total. The largest absolute Gasteiger partial charge is 0.369 e. The zero-order valence-corrected chi connectivity index (χ0v) is 13.5. The summed E-state index contributed by atoms with van der Waals surface area (Å²) in [4.78, 5) is 0. The summed E-state index contributed by atoms with van der Waals surface area (Å²) in [7, 11) is 1.95. The van der Waals surface area contributed by atoms with E-state index in [9.17, 15) is 0 Å². The summed E-state index contributed by atoms with van der Waals surface area (Å²) in [6, 6.07) is 0.0652. The minimum absolute atomic E-state index is 0.0652. The highest BCUT2D eigenvalue weighted by atomic mass is 16.5. The van der Waals surface area contributed by atoms with Gasteiger partial charge < -0.3 is 4.74 Å². The second-order valence-corrected chi connectivity index (χ2v) is 6.98. The second-order valence-electron chi connectivity index (χ2n) is 6.98. The van der Waals surface area contributed by atoms with Crippen molar-refractivity contribution in [2.75, 3.05) is 0 Å². The second kappa shape index (κ2) is 5.13. The molecule has 0 spiro atoms. The monoisotopic (exact) mass is 280 g/mol. The molecule has 5 nitrogen and oxygen atoms in total. The Kier molecular flexibility index (Phi) is 3.97. The SMILES string of the molecule is CCc1nn(C)cc1C(NN)C1CC(C)(C)OC1(C)C. The quantitative estimate of drug-likeness (QED) is 0.654. The fraction of sp³-hybridized carbons (Fsp3) is 0.800. The summed E-state index contributed by atoms with van der Waals surface area (Å²) in [6.45, 7) is 10.7. The number of nitrogens with two attached hydrogens (primary N) is 1. The average Bonchev–Trinajstić information content (AvgIpc) is 2.78. The molecule has 1 aliphatic heterocycles. The van der Waals surface area contributed by atoms with Crippen molar-refractivity contribution in [1.29, 1.82) is 0 Å². The molecule has 0 aromatic carbocycles. The summed E-state index contributed by atoms with van der Waals surface area (Å²) in [5, 5.41) is 4.53. The number of ether oxygens (including phenoxy) is 1. The molecule has 1 aromatic rings. The molecule has 114 valence electrons. The maximum absolute atomic E-state index is 6.21. The summed E-state index contributed by atoms with van der Waals surface area (Å²) < 4.78 is 8.08. The van der Waals surface area contributed by atoms with Crippen molar-refractivity contribution in [1.82, 2.24) is 15.2 Å². The van der Waals surface area contributed by atoms with E-state index in [2.05, 4.69) is 51.3 Å². The van der Waals surface area contributed by atoms with E-state index in [0.29, 0.717) is 5.92 Å². The summed E-state index contributed by atoms with van der Waals surface area (Å²) in [5.74, 6) is 6.20. The van der Waals surface area contributed by atoms with Gasteiger partial charge in [0.15, 0.2) is 0 Å². The maximum atomic E-state index is 6.21. The highest BCUT2D eigenvalue weighted by Gasteiger charge is 2.49. The van der Waals surface area contributed by atoms with Crippen LogP contribution in [-0.4, -0.2) is 21.0 Å². The van der Waals surface area contributed by atoms with Gasteiger partial charge in [0, 0.05) is 24.7 Å². The molecule has 0 bridgehead atoms. The number of hydrazine groups is 1. The molecule has 0 saturated carbocycles. The van der Waals surface area contributed by atoms with E-state index in [1.165, 1.54) is 5.56 Å². The molecular formula is C15H28N4O. The number of nitrogens with one attached hydrogen (secondary N) is 1. The topological polar surface area (TPSA) is 65.1 Å². The van der Waals surface area contributed by atoms with Crippen molar-refractivity contribution in [2.45, 2.75) is 64.7 Å². The smallest absolute Gasteiger partial charge is 0.0681 e. The van der Waals surface area contributed by atoms with E-state index in [0.717, 1.165) is 18.5 Å². The lowest BCUT2D eigenvalue weighted by atomic mass is 9.79. The van der Waals surface area contributed by atoms with Gasteiger partial charge in [-0.3, -0.25) is 16.0 Å². The van der Waals surface area contributed by atoms with Gasteiger partial charge >= 0.3 is 0 Å². The Bertz CT molecular complexity index is 478. The van der Waals surface area contributed by atoms with E-state index >= 15 is 0 Å². The number of hydrogen-bond acceptors (Lipinski definition) is 4. The molecule has 0 amide bonds. The molecule has 1 fully saturated rings. The Balaban J connectivity index is 2.37. The lowest BCUT2D eigenvalue weighted by Crippen LogP contribution is -2.41. The zero-order valence-electron chi connectivity index (χ0n) is 13.5. The average molecular weight is 280 g/mol. The minimum atomic E-state index is -0.207. The standard InChI is InChI=1S/C15H28N4O/c1-7-12-10(9-19(6)18-12)13(17-16)11-8-14(2,3)20-15(11,4)5/h9,11,13,17H,7-8,16H2,1-6H3. The lowest BCUT2D eigenvalue weighted by Gasteiger charge is -2.32. The predicted molar refractivity (Wildman–Crippen MR) is 80.0 cm³/mol. The Morgan fingerprint density at radius 1 is 1.50 bits per heavy atom. The van der Waals surface area contributed by atoms with Crippen LogP contribution in [-0.2, 0) is 18.2 Å². The molecule has 0 aliphatic carbocycles. The van der Waals surface area contributed by atoms with Crippen LogP contribution >= 0.6 is 0 Å². The van der Waals surface area contributed by atoms with Gasteiger partial charge in [0.05, 0.1) is 22.9 Å². The first-order chi connectivity index (χ1) is 9.20. The maximum Gasteiger partial charge on any atom is 0.0681 e. The van der Waals surface area contributed by atoms with Gasteiger partial charge in [0.1, 0.15) is 0 Å². The van der Waals surface area contributed by atoms with Crippen LogP contribution in [0.15, 0.2) is 6.20 Å². The molecular weight excluding hydrogens is 252 g/mol. The van der Waals surface area contributed by atoms with Gasteiger partial charge in [-0.25, -0.2) is 0 Å². The third-order valence-corrected chi connectivity index (χ3v) is 4.33. The van der Waals surface area contributed by atoms with Crippen LogP contribution < -0.4 is 11.3 Å². The number of nitrogens with zero attached hydrogens (tertiary/aromatic N) is 2. The Morgan fingerprint density at radius 3 is 2.60 bits per heavy atom. The van der Waals surface area contributed by atoms with Gasteiger partial charge in [-0.1, -0.05) is 6.92 Å². The van der Waals surface area contributed by atoms with Crippen molar-refractivity contribution in [3.63, 3.8) is 0 Å². The summed E-state index contributed by atoms with van der Waals surface area (Å²) in [5.41, 5.74) is 4.99. The van der Waals surface area contributed by atoms with Gasteiger partial charge in [-0.05, 0) is 40.5 Å². The van der Waals surface area contributed by atoms with E-state index in [-0.39, 0.29) is 17.2 Å². The molecule has 2 unspecified atom stereocenters. The number of rotatable bonds is 4. The van der Waals surface area contributed by atoms with Crippen molar-refractivity contribution in [3.05, 3.63) is 17.5 Å². The molecule has 1 aliphatic rings. The minimum Gasteiger partial charge on any atom is -0.369 e. The van der Waals surface area contributed by atoms with E-state index < -0.39 is 0 Å². The molecule has 2 atom stereocenters. The van der Waals surface area contributed by atoms with Crippen molar-refractivity contribution in [3.8, 4) is 0 Å². The molecule has 5 heteroatoms. The molecule has 20 heavy (non-hydrogen) atoms. The van der Waals surface area contributed by atoms with Gasteiger partial charge in [-0.2, -0.15) is 5.10 Å². The van der Waals surface area contributed by atoms with Crippen LogP contribution in [0, 0.1) is 5.92 Å². The van der Waals surface area contributed by atoms with Gasteiger partial charge in [-0.15, -0.1) is 0 Å². The van der Waals surface area contributed by atoms with E-state index in [4.69, 9.17) is 10.6 Å². The zero-order chi connectivity index (χ0) is 15.1. The first-order valence-electron chi connectivity index (χ1n) is 7.39. The summed E-state index contributed by atoms with van der Waals surface area (Å²) in [6.07, 6.45) is 3.96. The first-order valence-corrected chi connectivity index (χ1v) is 7.39. The van der Waals surface area contributed by atoms with Crippen molar-refractivity contribution < 1.29 is 4.74 Å². The number of aryl methyl sites for hydroxylation is 2. The van der Waals surface area contributed by atoms with E-state index in [1.54, 1.807) is 0 Å². The molecule has 2 heterocycles. The third-order valence-electron chi connectivity index (χ3n) is 4.33. The van der Waals surface area contributed by atoms with E-state index in [1.807, 2.05) is 11.7 Å². The molecule has 2 rings (SSSR count). The first kappa shape index (κ1) is 15.5. The third kappa shape index (κ3) is 2.75. The highest BCUT2D eigenvalue weighted by molar-refractivity contribution is 5.24. The van der Waals surface area contributed by atoms with Crippen molar-refractivity contribution in [2.24, 2.45) is 18.8 Å². The van der Waals surface area contributed by atoms with Crippen LogP contribution in [0.1, 0.15) is 58.3 Å². The van der Waals surface area contributed by atoms with Crippen LogP contribution in [0.5, 0.6) is 0 Å². The number of hydrogen-bond donors (Lipinski definition) is 2. The fourth-order valence-electron chi connectivity index (χ4n) is 3.63. The predicted octanol–water partition coefficient (Wildman–Crippen LogP) is 2.08. The summed E-state index contributed by atoms with van der Waals surface area (Å²) >= 11 is 0. The number of aromatic nitrogens is 2. The molecule has 1 saturated heterocycles. The Morgan fingerprint density at radius 2 is 2.15 bits per heavy atom. The van der Waals surface area contributed by atoms with Crippen LogP contribution in [0.2, 0.25) is 0 Å². The van der Waals surface area contributed by atoms with Gasteiger partial charge in [0.25, 0.3) is 0 Å². The highest BCUT2D eigenvalue weighted by Crippen LogP contribution is 2.47. The van der Waals surface area contributed by atoms with Crippen molar-refractivity contribution >= 4 is 0 Å². The molecule has 0 radical (unpaired) electrons.